The lowest BCUT2D eigenvalue weighted by Crippen LogP contribution is -2.46. The van der Waals surface area contributed by atoms with Gasteiger partial charge in [-0.2, -0.15) is 0 Å². The number of carbonyl (C=O) groups excluding carboxylic acids is 1. The van der Waals surface area contributed by atoms with Gasteiger partial charge in [0.05, 0.1) is 0 Å². The fraction of sp³-hybridized carbons (Fsp3) is 0.417. The van der Waals surface area contributed by atoms with Crippen LogP contribution in [0, 0.1) is 0 Å². The van der Waals surface area contributed by atoms with Crippen LogP contribution in [0.4, 0.5) is 5.69 Å². The van der Waals surface area contributed by atoms with Gasteiger partial charge < -0.3 is 16.0 Å². The third-order valence-corrected chi connectivity index (χ3v) is 6.18. The number of hydrogen-bond donors (Lipinski definition) is 3. The van der Waals surface area contributed by atoms with Gasteiger partial charge in [-0.3, -0.25) is 9.79 Å². The van der Waals surface area contributed by atoms with Crippen molar-refractivity contribution < 1.29 is 4.79 Å². The van der Waals surface area contributed by atoms with Gasteiger partial charge in [0.1, 0.15) is 0 Å². The molecule has 29 heavy (non-hydrogen) atoms. The van der Waals surface area contributed by atoms with Gasteiger partial charge >= 0.3 is 0 Å². The molecule has 0 radical (unpaired) electrons. The summed E-state index contributed by atoms with van der Waals surface area (Å²) in [4.78, 5) is 16.5. The van der Waals surface area contributed by atoms with Crippen LogP contribution in [0.25, 0.3) is 0 Å². The van der Waals surface area contributed by atoms with Crippen LogP contribution in [0.5, 0.6) is 0 Å². The first-order valence-corrected chi connectivity index (χ1v) is 10.5. The Morgan fingerprint density at radius 2 is 1.76 bits per heavy atom. The minimum Gasteiger partial charge on any atom is -0.356 e. The van der Waals surface area contributed by atoms with E-state index < -0.39 is 0 Å². The minimum absolute atomic E-state index is 0.0657. The van der Waals surface area contributed by atoms with Crippen LogP contribution in [-0.4, -0.2) is 32.0 Å². The van der Waals surface area contributed by atoms with Crippen molar-refractivity contribution in [3.8, 4) is 0 Å². The quantitative estimate of drug-likeness (QED) is 0.492. The smallest absolute Gasteiger partial charge is 0.225 e. The summed E-state index contributed by atoms with van der Waals surface area (Å²) in [7, 11) is 1.79. The molecule has 0 saturated carbocycles. The molecule has 2 aromatic carbocycles. The number of hydrogen-bond acceptors (Lipinski definition) is 2. The summed E-state index contributed by atoms with van der Waals surface area (Å²) in [5, 5.41) is 9.91. The molecule has 5 heteroatoms. The van der Waals surface area contributed by atoms with Crippen LogP contribution in [0.15, 0.2) is 59.6 Å². The molecule has 1 heterocycles. The maximum Gasteiger partial charge on any atom is 0.225 e. The second-order valence-corrected chi connectivity index (χ2v) is 7.70. The molecule has 0 aliphatic carbocycles. The summed E-state index contributed by atoms with van der Waals surface area (Å²) in [6, 6.07) is 18.7. The number of fused-ring (bicyclic) bond motifs is 1. The number of benzene rings is 2. The Labute approximate surface area is 174 Å². The van der Waals surface area contributed by atoms with Crippen molar-refractivity contribution in [3.63, 3.8) is 0 Å². The molecular formula is C24H32N4O. The summed E-state index contributed by atoms with van der Waals surface area (Å²) >= 11 is 0. The van der Waals surface area contributed by atoms with E-state index in [-0.39, 0.29) is 17.2 Å². The molecule has 0 spiro atoms. The van der Waals surface area contributed by atoms with Crippen molar-refractivity contribution in [1.29, 1.82) is 0 Å². The highest BCUT2D eigenvalue weighted by atomic mass is 16.1. The highest BCUT2D eigenvalue weighted by molar-refractivity contribution is 5.94. The summed E-state index contributed by atoms with van der Waals surface area (Å²) in [5.41, 5.74) is 3.51. The average molecular weight is 393 g/mol. The van der Waals surface area contributed by atoms with E-state index in [1.165, 1.54) is 11.1 Å². The van der Waals surface area contributed by atoms with Crippen molar-refractivity contribution >= 4 is 17.6 Å². The van der Waals surface area contributed by atoms with E-state index >= 15 is 0 Å². The first kappa shape index (κ1) is 20.9. The lowest BCUT2D eigenvalue weighted by Gasteiger charge is -2.33. The van der Waals surface area contributed by atoms with Crippen molar-refractivity contribution in [1.82, 2.24) is 10.6 Å². The van der Waals surface area contributed by atoms with E-state index in [1.807, 2.05) is 18.2 Å². The van der Waals surface area contributed by atoms with E-state index in [1.54, 1.807) is 7.05 Å². The fourth-order valence-electron chi connectivity index (χ4n) is 4.18. The van der Waals surface area contributed by atoms with Gasteiger partial charge in [0.25, 0.3) is 0 Å². The summed E-state index contributed by atoms with van der Waals surface area (Å²) in [5.74, 6) is 0.976. The number of anilines is 1. The zero-order valence-corrected chi connectivity index (χ0v) is 17.7. The fourth-order valence-corrected chi connectivity index (χ4v) is 4.18. The molecule has 5 nitrogen and oxygen atoms in total. The van der Waals surface area contributed by atoms with Gasteiger partial charge in [0, 0.05) is 43.6 Å². The molecule has 2 aromatic rings. The van der Waals surface area contributed by atoms with E-state index in [9.17, 15) is 4.79 Å². The summed E-state index contributed by atoms with van der Waals surface area (Å²) < 4.78 is 0. The largest absolute Gasteiger partial charge is 0.356 e. The second-order valence-electron chi connectivity index (χ2n) is 7.70. The average Bonchev–Trinajstić information content (AvgIpc) is 2.77. The van der Waals surface area contributed by atoms with Gasteiger partial charge in [-0.15, -0.1) is 0 Å². The van der Waals surface area contributed by atoms with Gasteiger partial charge in [-0.1, -0.05) is 62.4 Å². The van der Waals surface area contributed by atoms with Crippen molar-refractivity contribution in [2.45, 2.75) is 44.4 Å². The van der Waals surface area contributed by atoms with E-state index in [0.717, 1.165) is 31.0 Å². The predicted octanol–water partition coefficient (Wildman–Crippen LogP) is 4.04. The molecule has 0 aromatic heterocycles. The molecule has 0 saturated heterocycles. The van der Waals surface area contributed by atoms with E-state index in [0.29, 0.717) is 13.0 Å². The van der Waals surface area contributed by atoms with Crippen molar-refractivity contribution in [2.75, 3.05) is 25.5 Å². The highest BCUT2D eigenvalue weighted by Crippen LogP contribution is 2.32. The Morgan fingerprint density at radius 3 is 2.45 bits per heavy atom. The van der Waals surface area contributed by atoms with Gasteiger partial charge in [0.15, 0.2) is 5.96 Å². The molecule has 1 amide bonds. The van der Waals surface area contributed by atoms with Gasteiger partial charge in [-0.25, -0.2) is 0 Å². The van der Waals surface area contributed by atoms with Gasteiger partial charge in [-0.05, 0) is 30.0 Å². The predicted molar refractivity (Wildman–Crippen MR) is 120 cm³/mol. The van der Waals surface area contributed by atoms with Crippen LogP contribution in [-0.2, 0) is 10.2 Å². The Bertz CT molecular complexity index is 843. The SMILES string of the molecule is CCC(CC)(CNC(=NC)NCC1CC(=O)Nc2ccccc21)c1ccccc1. The Morgan fingerprint density at radius 1 is 1.07 bits per heavy atom. The number of nitrogens with zero attached hydrogens (tertiary/aromatic N) is 1. The number of aliphatic imine (C=N–C) groups is 1. The summed E-state index contributed by atoms with van der Waals surface area (Å²) in [6.07, 6.45) is 2.58. The minimum atomic E-state index is 0.0657. The first-order chi connectivity index (χ1) is 14.1. The maximum atomic E-state index is 12.1. The molecule has 0 bridgehead atoms. The number of amides is 1. The second kappa shape index (κ2) is 9.59. The van der Waals surface area contributed by atoms with Crippen LogP contribution in [0.1, 0.15) is 50.2 Å². The number of rotatable bonds is 7. The number of para-hydroxylation sites is 1. The van der Waals surface area contributed by atoms with Gasteiger partial charge in [0.2, 0.25) is 5.91 Å². The van der Waals surface area contributed by atoms with Crippen LogP contribution in [0.3, 0.4) is 0 Å². The molecule has 3 N–H and O–H groups in total. The molecule has 154 valence electrons. The Balaban J connectivity index is 1.65. The van der Waals surface area contributed by atoms with Crippen LogP contribution >= 0.6 is 0 Å². The topological polar surface area (TPSA) is 65.5 Å². The van der Waals surface area contributed by atoms with E-state index in [2.05, 4.69) is 71.2 Å². The highest BCUT2D eigenvalue weighted by Gasteiger charge is 2.29. The molecule has 1 atom stereocenters. The third kappa shape index (κ3) is 4.78. The zero-order chi connectivity index (χ0) is 20.7. The molecule has 3 rings (SSSR count). The summed E-state index contributed by atoms with van der Waals surface area (Å²) in [6.45, 7) is 5.96. The van der Waals surface area contributed by atoms with E-state index in [4.69, 9.17) is 0 Å². The van der Waals surface area contributed by atoms with Crippen molar-refractivity contribution in [3.05, 3.63) is 65.7 Å². The monoisotopic (exact) mass is 392 g/mol. The van der Waals surface area contributed by atoms with Crippen molar-refractivity contribution in [2.24, 2.45) is 4.99 Å². The molecular weight excluding hydrogens is 360 g/mol. The molecule has 1 aliphatic rings. The Kier molecular flexibility index (Phi) is 6.91. The number of carbonyl (C=O) groups is 1. The maximum absolute atomic E-state index is 12.1. The molecule has 0 fully saturated rings. The standard InChI is InChI=1S/C24H32N4O/c1-4-24(5-2,19-11-7-6-8-12-19)17-27-23(25-3)26-16-18-15-22(29)28-21-14-10-9-13-20(18)21/h6-14,18H,4-5,15-17H2,1-3H3,(H,28,29)(H2,25,26,27). The number of nitrogens with one attached hydrogen (secondary N) is 3. The first-order valence-electron chi connectivity index (χ1n) is 10.5. The van der Waals surface area contributed by atoms with Crippen LogP contribution < -0.4 is 16.0 Å². The molecule has 1 aliphatic heterocycles. The van der Waals surface area contributed by atoms with Crippen LogP contribution in [0.2, 0.25) is 0 Å². The molecule has 1 unspecified atom stereocenters. The lowest BCUT2D eigenvalue weighted by molar-refractivity contribution is -0.116. The number of guanidine groups is 1. The normalized spacial score (nSPS) is 16.7. The zero-order valence-electron chi connectivity index (χ0n) is 17.7. The Hall–Kier alpha value is -2.82. The lowest BCUT2D eigenvalue weighted by atomic mass is 9.76. The third-order valence-electron chi connectivity index (χ3n) is 6.18.